The van der Waals surface area contributed by atoms with Crippen molar-refractivity contribution in [3.05, 3.63) is 22.7 Å². The standard InChI is InChI=1S/C16H23N5OS/c1-2-4-6-21-14(5-3-1)18-19-15(21)11-13-12-23-16(17-13)20-7-9-22-10-8-20/h12H,1-11H2. The molecule has 23 heavy (non-hydrogen) atoms. The minimum atomic E-state index is 0.786. The van der Waals surface area contributed by atoms with E-state index in [-0.39, 0.29) is 0 Å². The van der Waals surface area contributed by atoms with Gasteiger partial charge < -0.3 is 14.2 Å². The third-order valence-electron chi connectivity index (χ3n) is 4.60. The van der Waals surface area contributed by atoms with Crippen LogP contribution in [0.15, 0.2) is 5.38 Å². The quantitative estimate of drug-likeness (QED) is 0.862. The van der Waals surface area contributed by atoms with Crippen molar-refractivity contribution in [2.75, 3.05) is 31.2 Å². The molecule has 0 bridgehead atoms. The van der Waals surface area contributed by atoms with Gasteiger partial charge in [0.25, 0.3) is 0 Å². The minimum Gasteiger partial charge on any atom is -0.378 e. The molecule has 124 valence electrons. The maximum Gasteiger partial charge on any atom is 0.185 e. The molecule has 0 radical (unpaired) electrons. The molecule has 0 N–H and O–H groups in total. The molecule has 4 rings (SSSR count). The molecule has 0 amide bonds. The van der Waals surface area contributed by atoms with E-state index in [9.17, 15) is 0 Å². The summed E-state index contributed by atoms with van der Waals surface area (Å²) in [4.78, 5) is 7.12. The minimum absolute atomic E-state index is 0.786. The molecule has 0 saturated carbocycles. The smallest absolute Gasteiger partial charge is 0.185 e. The molecule has 7 heteroatoms. The van der Waals surface area contributed by atoms with Crippen molar-refractivity contribution >= 4 is 16.5 Å². The van der Waals surface area contributed by atoms with Crippen LogP contribution < -0.4 is 4.90 Å². The van der Waals surface area contributed by atoms with Gasteiger partial charge in [-0.2, -0.15) is 0 Å². The topological polar surface area (TPSA) is 56.1 Å². The van der Waals surface area contributed by atoms with Gasteiger partial charge in [-0.25, -0.2) is 4.98 Å². The SMILES string of the molecule is c1sc(N2CCOCC2)nc1Cc1nnc2n1CCCCCC2. The lowest BCUT2D eigenvalue weighted by Gasteiger charge is -2.26. The summed E-state index contributed by atoms with van der Waals surface area (Å²) in [5, 5.41) is 12.1. The number of hydrogen-bond donors (Lipinski definition) is 0. The fraction of sp³-hybridized carbons (Fsp3) is 0.688. The van der Waals surface area contributed by atoms with Crippen molar-refractivity contribution in [1.82, 2.24) is 19.7 Å². The number of rotatable bonds is 3. The number of anilines is 1. The number of thiazole rings is 1. The van der Waals surface area contributed by atoms with Crippen LogP contribution in [0.25, 0.3) is 0 Å². The molecule has 4 heterocycles. The molecule has 2 aromatic heterocycles. The molecule has 2 aliphatic rings. The Hall–Kier alpha value is -1.47. The molecular weight excluding hydrogens is 310 g/mol. The van der Waals surface area contributed by atoms with Crippen LogP contribution in [-0.4, -0.2) is 46.1 Å². The monoisotopic (exact) mass is 333 g/mol. The third kappa shape index (κ3) is 3.40. The first-order valence-electron chi connectivity index (χ1n) is 8.58. The summed E-state index contributed by atoms with van der Waals surface area (Å²) in [7, 11) is 0. The first-order chi connectivity index (χ1) is 11.4. The highest BCUT2D eigenvalue weighted by molar-refractivity contribution is 7.13. The summed E-state index contributed by atoms with van der Waals surface area (Å²) in [5.41, 5.74) is 1.11. The average molecular weight is 333 g/mol. The predicted octanol–water partition coefficient (Wildman–Crippen LogP) is 2.28. The Morgan fingerprint density at radius 1 is 1.04 bits per heavy atom. The number of hydrogen-bond acceptors (Lipinski definition) is 6. The number of aryl methyl sites for hydroxylation is 1. The van der Waals surface area contributed by atoms with E-state index in [0.717, 1.165) is 68.2 Å². The van der Waals surface area contributed by atoms with E-state index in [2.05, 4.69) is 25.0 Å². The summed E-state index contributed by atoms with van der Waals surface area (Å²) in [6.07, 6.45) is 6.94. The van der Waals surface area contributed by atoms with Crippen LogP contribution in [0.3, 0.4) is 0 Å². The lowest BCUT2D eigenvalue weighted by Crippen LogP contribution is -2.36. The van der Waals surface area contributed by atoms with E-state index in [4.69, 9.17) is 9.72 Å². The van der Waals surface area contributed by atoms with Gasteiger partial charge in [0.1, 0.15) is 11.6 Å². The van der Waals surface area contributed by atoms with Gasteiger partial charge in [-0.1, -0.05) is 12.8 Å². The lowest BCUT2D eigenvalue weighted by molar-refractivity contribution is 0.122. The molecule has 0 atom stereocenters. The highest BCUT2D eigenvalue weighted by Crippen LogP contribution is 2.23. The van der Waals surface area contributed by atoms with Gasteiger partial charge in [0, 0.05) is 31.4 Å². The summed E-state index contributed by atoms with van der Waals surface area (Å²) in [6.45, 7) is 4.53. The molecule has 2 aliphatic heterocycles. The van der Waals surface area contributed by atoms with Gasteiger partial charge in [-0.05, 0) is 12.8 Å². The van der Waals surface area contributed by atoms with Crippen molar-refractivity contribution in [2.45, 2.75) is 45.1 Å². The van der Waals surface area contributed by atoms with E-state index in [1.807, 2.05) is 0 Å². The van der Waals surface area contributed by atoms with Gasteiger partial charge in [-0.15, -0.1) is 21.5 Å². The maximum absolute atomic E-state index is 5.41. The van der Waals surface area contributed by atoms with Crippen LogP contribution in [0.2, 0.25) is 0 Å². The second-order valence-corrected chi connectivity index (χ2v) is 7.08. The van der Waals surface area contributed by atoms with E-state index < -0.39 is 0 Å². The van der Waals surface area contributed by atoms with Crippen LogP contribution in [0.4, 0.5) is 5.13 Å². The van der Waals surface area contributed by atoms with Crippen molar-refractivity contribution in [2.24, 2.45) is 0 Å². The van der Waals surface area contributed by atoms with E-state index in [1.165, 1.54) is 25.7 Å². The highest BCUT2D eigenvalue weighted by Gasteiger charge is 2.18. The molecule has 0 spiro atoms. The number of aromatic nitrogens is 4. The van der Waals surface area contributed by atoms with Gasteiger partial charge in [0.15, 0.2) is 5.13 Å². The first-order valence-corrected chi connectivity index (χ1v) is 9.46. The molecule has 6 nitrogen and oxygen atoms in total. The Labute approximate surface area is 140 Å². The Morgan fingerprint density at radius 3 is 2.83 bits per heavy atom. The van der Waals surface area contributed by atoms with E-state index in [1.54, 1.807) is 11.3 Å². The van der Waals surface area contributed by atoms with Crippen LogP contribution in [-0.2, 0) is 24.1 Å². The zero-order valence-corrected chi connectivity index (χ0v) is 14.2. The van der Waals surface area contributed by atoms with Crippen molar-refractivity contribution < 1.29 is 4.74 Å². The van der Waals surface area contributed by atoms with Gasteiger partial charge in [0.05, 0.1) is 25.3 Å². The second kappa shape index (κ2) is 6.97. The van der Waals surface area contributed by atoms with Crippen LogP contribution in [0, 0.1) is 0 Å². The third-order valence-corrected chi connectivity index (χ3v) is 5.55. The van der Waals surface area contributed by atoms with E-state index >= 15 is 0 Å². The molecule has 0 unspecified atom stereocenters. The summed E-state index contributed by atoms with van der Waals surface area (Å²) in [5.74, 6) is 2.23. The van der Waals surface area contributed by atoms with Crippen molar-refractivity contribution in [3.63, 3.8) is 0 Å². The molecule has 0 aliphatic carbocycles. The number of morpholine rings is 1. The summed E-state index contributed by atoms with van der Waals surface area (Å²) in [6, 6.07) is 0. The molecule has 1 saturated heterocycles. The van der Waals surface area contributed by atoms with Crippen molar-refractivity contribution in [3.8, 4) is 0 Å². The van der Waals surface area contributed by atoms with Crippen LogP contribution in [0.1, 0.15) is 43.0 Å². The Bertz CT molecular complexity index is 647. The fourth-order valence-electron chi connectivity index (χ4n) is 3.29. The summed E-state index contributed by atoms with van der Waals surface area (Å²) >= 11 is 1.72. The number of ether oxygens (including phenoxy) is 1. The van der Waals surface area contributed by atoms with Crippen LogP contribution >= 0.6 is 11.3 Å². The van der Waals surface area contributed by atoms with Gasteiger partial charge in [0.2, 0.25) is 0 Å². The summed E-state index contributed by atoms with van der Waals surface area (Å²) < 4.78 is 7.74. The Balaban J connectivity index is 1.49. The maximum atomic E-state index is 5.41. The zero-order chi connectivity index (χ0) is 15.5. The number of fused-ring (bicyclic) bond motifs is 1. The largest absolute Gasteiger partial charge is 0.378 e. The molecular formula is C16H23N5OS. The Kier molecular flexibility index (Phi) is 4.57. The van der Waals surface area contributed by atoms with Gasteiger partial charge in [-0.3, -0.25) is 0 Å². The molecule has 2 aromatic rings. The van der Waals surface area contributed by atoms with E-state index in [0.29, 0.717) is 0 Å². The average Bonchev–Trinajstić information content (AvgIpc) is 3.16. The highest BCUT2D eigenvalue weighted by atomic mass is 32.1. The predicted molar refractivity (Wildman–Crippen MR) is 90.1 cm³/mol. The molecule has 1 fully saturated rings. The second-order valence-electron chi connectivity index (χ2n) is 6.25. The number of nitrogens with zero attached hydrogens (tertiary/aromatic N) is 5. The van der Waals surface area contributed by atoms with Gasteiger partial charge >= 0.3 is 0 Å². The normalized spacial score (nSPS) is 19.2. The van der Waals surface area contributed by atoms with Crippen molar-refractivity contribution in [1.29, 1.82) is 0 Å². The molecule has 0 aromatic carbocycles. The first kappa shape index (κ1) is 15.1. The lowest BCUT2D eigenvalue weighted by atomic mass is 10.1. The Morgan fingerprint density at radius 2 is 1.91 bits per heavy atom. The fourth-order valence-corrected chi connectivity index (χ4v) is 4.17. The van der Waals surface area contributed by atoms with Crippen LogP contribution in [0.5, 0.6) is 0 Å². The zero-order valence-electron chi connectivity index (χ0n) is 13.4.